The zero-order chi connectivity index (χ0) is 28.1. The Balaban J connectivity index is 1.41. The predicted molar refractivity (Wildman–Crippen MR) is 134 cm³/mol. The van der Waals surface area contributed by atoms with Crippen LogP contribution in [0.15, 0.2) is 48.9 Å². The summed E-state index contributed by atoms with van der Waals surface area (Å²) in [5.41, 5.74) is 6.31. The average Bonchev–Trinajstić information content (AvgIpc) is 3.45. The van der Waals surface area contributed by atoms with E-state index in [9.17, 15) is 27.2 Å². The van der Waals surface area contributed by atoms with Gasteiger partial charge in [-0.25, -0.2) is 13.9 Å². The number of nitrogen functional groups attached to an aromatic ring is 1. The zero-order valence-corrected chi connectivity index (χ0v) is 20.8. The first-order chi connectivity index (χ1) is 18.4. The molecule has 0 radical (unpaired) electrons. The molecule has 0 saturated carbocycles. The second kappa shape index (κ2) is 9.64. The van der Waals surface area contributed by atoms with E-state index in [1.165, 1.54) is 23.2 Å². The second-order valence-corrected chi connectivity index (χ2v) is 9.37. The molecule has 0 unspecified atom stereocenters. The minimum Gasteiger partial charge on any atom is -0.382 e. The second-order valence-electron chi connectivity index (χ2n) is 9.37. The lowest BCUT2D eigenvalue weighted by Gasteiger charge is -2.18. The molecule has 0 spiro atoms. The molecule has 1 aliphatic rings. The summed E-state index contributed by atoms with van der Waals surface area (Å²) < 4.78 is 57.1. The van der Waals surface area contributed by atoms with Crippen LogP contribution in [-0.2, 0) is 6.18 Å². The number of aromatic nitrogens is 4. The van der Waals surface area contributed by atoms with Gasteiger partial charge in [-0.3, -0.25) is 14.6 Å². The predicted octanol–water partition coefficient (Wildman–Crippen LogP) is 3.60. The van der Waals surface area contributed by atoms with Crippen molar-refractivity contribution in [2.24, 2.45) is 0 Å². The van der Waals surface area contributed by atoms with Gasteiger partial charge in [-0.2, -0.15) is 18.3 Å². The van der Waals surface area contributed by atoms with E-state index in [2.05, 4.69) is 20.4 Å². The maximum atomic E-state index is 14.9. The number of likely N-dealkylation sites (tertiary alicyclic amines) is 1. The van der Waals surface area contributed by atoms with Crippen LogP contribution in [-0.4, -0.2) is 61.6 Å². The summed E-state index contributed by atoms with van der Waals surface area (Å²) in [5.74, 6) is -1.34. The summed E-state index contributed by atoms with van der Waals surface area (Å²) in [5, 5.41) is 6.57. The molecular weight excluding hydrogens is 518 g/mol. The Hall–Kier alpha value is -4.55. The highest BCUT2D eigenvalue weighted by Crippen LogP contribution is 2.38. The van der Waals surface area contributed by atoms with Gasteiger partial charge in [-0.05, 0) is 43.7 Å². The number of nitrogens with two attached hydrogens (primary N) is 1. The molecule has 0 aliphatic carbocycles. The first-order valence-electron chi connectivity index (χ1n) is 11.9. The highest BCUT2D eigenvalue weighted by Gasteiger charge is 2.38. The number of halogens is 4. The van der Waals surface area contributed by atoms with Crippen molar-refractivity contribution in [2.45, 2.75) is 32.2 Å². The number of nitrogens with one attached hydrogen (secondary N) is 1. The van der Waals surface area contributed by atoms with E-state index in [1.54, 1.807) is 32.0 Å². The lowest BCUT2D eigenvalue weighted by Crippen LogP contribution is -2.42. The van der Waals surface area contributed by atoms with Gasteiger partial charge in [-0.1, -0.05) is 12.1 Å². The fraction of sp³-hybridized carbons (Fsp3) is 0.269. The third kappa shape index (κ3) is 4.87. The molecule has 13 heteroatoms. The molecule has 39 heavy (non-hydrogen) atoms. The number of nitrogens with zero attached hydrogens (tertiary/aromatic N) is 5. The maximum absolute atomic E-state index is 14.9. The minimum absolute atomic E-state index is 0.0413. The molecule has 1 aromatic carbocycles. The molecule has 2 amide bonds. The van der Waals surface area contributed by atoms with Gasteiger partial charge in [0, 0.05) is 35.1 Å². The molecule has 3 aromatic heterocycles. The quantitative estimate of drug-likeness (QED) is 0.381. The van der Waals surface area contributed by atoms with Gasteiger partial charge in [0.15, 0.2) is 5.82 Å². The Labute approximate surface area is 219 Å². The van der Waals surface area contributed by atoms with E-state index in [4.69, 9.17) is 5.73 Å². The fourth-order valence-corrected chi connectivity index (χ4v) is 4.69. The van der Waals surface area contributed by atoms with Gasteiger partial charge in [0.25, 0.3) is 11.8 Å². The lowest BCUT2D eigenvalue weighted by molar-refractivity contribution is -0.136. The monoisotopic (exact) mass is 541 g/mol. The van der Waals surface area contributed by atoms with E-state index in [1.807, 2.05) is 0 Å². The molecule has 1 saturated heterocycles. The fourth-order valence-electron chi connectivity index (χ4n) is 4.69. The Bertz CT molecular complexity index is 1600. The molecule has 5 rings (SSSR count). The van der Waals surface area contributed by atoms with Crippen molar-refractivity contribution in [3.05, 3.63) is 76.9 Å². The highest BCUT2D eigenvalue weighted by atomic mass is 19.4. The third-order valence-electron chi connectivity index (χ3n) is 6.66. The molecule has 9 nitrogen and oxygen atoms in total. The van der Waals surface area contributed by atoms with E-state index >= 15 is 0 Å². The molecule has 4 aromatic rings. The standard InChI is InChI=1S/C26H23F4N7O2/c1-13-3-4-15(21-9-18(26(28,29)30)22-23(31)33-12-34-37(21)22)8-17(13)24(38)35-20-11-36(10-19(20)27)25(39)16-5-6-32-14(2)7-16/h3-9,12,19-20H,10-11H2,1-2H3,(H,35,38)(H2,31,33,34)/t19-,20+/m0/s1. The summed E-state index contributed by atoms with van der Waals surface area (Å²) >= 11 is 0. The van der Waals surface area contributed by atoms with Crippen LogP contribution in [0.3, 0.4) is 0 Å². The molecule has 4 heterocycles. The third-order valence-corrected chi connectivity index (χ3v) is 6.66. The summed E-state index contributed by atoms with van der Waals surface area (Å²) in [6.07, 6.45) is -3.69. The van der Waals surface area contributed by atoms with Crippen LogP contribution in [0.2, 0.25) is 0 Å². The largest absolute Gasteiger partial charge is 0.418 e. The number of pyridine rings is 1. The van der Waals surface area contributed by atoms with Crippen LogP contribution in [0.5, 0.6) is 0 Å². The molecule has 202 valence electrons. The highest BCUT2D eigenvalue weighted by molar-refractivity contribution is 5.98. The number of benzene rings is 1. The van der Waals surface area contributed by atoms with Crippen LogP contribution in [0.25, 0.3) is 16.8 Å². The van der Waals surface area contributed by atoms with Crippen LogP contribution in [0, 0.1) is 13.8 Å². The SMILES string of the molecule is Cc1cc(C(=O)N2C[C@H](F)[C@H](NC(=O)c3cc(-c4cc(C(F)(F)F)c5c(N)ncnn45)ccc3C)C2)ccn1. The molecule has 1 fully saturated rings. The van der Waals surface area contributed by atoms with Crippen molar-refractivity contribution < 1.29 is 27.2 Å². The number of anilines is 1. The van der Waals surface area contributed by atoms with Crippen LogP contribution in [0.1, 0.15) is 37.5 Å². The Kier molecular flexibility index (Phi) is 6.44. The smallest absolute Gasteiger partial charge is 0.382 e. The molecule has 1 aliphatic heterocycles. The first kappa shape index (κ1) is 26.1. The van der Waals surface area contributed by atoms with Crippen molar-refractivity contribution >= 4 is 23.1 Å². The Morgan fingerprint density at radius 2 is 1.85 bits per heavy atom. The molecule has 2 atom stereocenters. The van der Waals surface area contributed by atoms with Crippen molar-refractivity contribution in [1.82, 2.24) is 29.8 Å². The molecular formula is C26H23F4N7O2. The number of rotatable bonds is 4. The van der Waals surface area contributed by atoms with Crippen molar-refractivity contribution in [2.75, 3.05) is 18.8 Å². The summed E-state index contributed by atoms with van der Waals surface area (Å²) in [4.78, 5) is 35.1. The first-order valence-corrected chi connectivity index (χ1v) is 11.9. The van der Waals surface area contributed by atoms with Gasteiger partial charge < -0.3 is 16.0 Å². The number of aryl methyl sites for hydroxylation is 2. The van der Waals surface area contributed by atoms with E-state index in [-0.39, 0.29) is 41.6 Å². The summed E-state index contributed by atoms with van der Waals surface area (Å²) in [7, 11) is 0. The maximum Gasteiger partial charge on any atom is 0.418 e. The van der Waals surface area contributed by atoms with Crippen molar-refractivity contribution in [3.63, 3.8) is 0 Å². The minimum atomic E-state index is -4.72. The number of fused-ring (bicyclic) bond motifs is 1. The van der Waals surface area contributed by atoms with Gasteiger partial charge in [-0.15, -0.1) is 0 Å². The molecule has 0 bridgehead atoms. The lowest BCUT2D eigenvalue weighted by atomic mass is 10.0. The van der Waals surface area contributed by atoms with Crippen molar-refractivity contribution in [1.29, 1.82) is 0 Å². The van der Waals surface area contributed by atoms with Crippen LogP contribution < -0.4 is 11.1 Å². The zero-order valence-electron chi connectivity index (χ0n) is 20.8. The summed E-state index contributed by atoms with van der Waals surface area (Å²) in [6.45, 7) is 3.15. The molecule has 3 N–H and O–H groups in total. The van der Waals surface area contributed by atoms with Gasteiger partial charge in [0.2, 0.25) is 0 Å². The number of alkyl halides is 4. The average molecular weight is 542 g/mol. The summed E-state index contributed by atoms with van der Waals surface area (Å²) in [6, 6.07) is 7.61. The van der Waals surface area contributed by atoms with Crippen LogP contribution >= 0.6 is 0 Å². The number of carbonyl (C=O) groups is 2. The van der Waals surface area contributed by atoms with Crippen LogP contribution in [0.4, 0.5) is 23.4 Å². The van der Waals surface area contributed by atoms with E-state index in [0.717, 1.165) is 16.9 Å². The van der Waals surface area contributed by atoms with E-state index in [0.29, 0.717) is 16.8 Å². The Morgan fingerprint density at radius 1 is 1.08 bits per heavy atom. The van der Waals surface area contributed by atoms with E-state index < -0.39 is 35.4 Å². The number of carbonyl (C=O) groups excluding carboxylic acids is 2. The van der Waals surface area contributed by atoms with Crippen molar-refractivity contribution in [3.8, 4) is 11.3 Å². The Morgan fingerprint density at radius 3 is 2.56 bits per heavy atom. The van der Waals surface area contributed by atoms with Gasteiger partial charge >= 0.3 is 6.18 Å². The van der Waals surface area contributed by atoms with Gasteiger partial charge in [0.1, 0.15) is 18.0 Å². The topological polar surface area (TPSA) is 119 Å². The normalized spacial score (nSPS) is 17.5. The number of hydrogen-bond donors (Lipinski definition) is 2. The number of hydrogen-bond acceptors (Lipinski definition) is 6. The number of amides is 2. The van der Waals surface area contributed by atoms with Gasteiger partial charge in [0.05, 0.1) is 23.8 Å².